The highest BCUT2D eigenvalue weighted by atomic mass is 35.5. The molecule has 4 rings (SSSR count). The number of nitrogens with one attached hydrogen (secondary N) is 2. The molecular formula is C30H29Cl2N5O4. The number of anilines is 2. The van der Waals surface area contributed by atoms with Gasteiger partial charge in [-0.25, -0.2) is 9.78 Å². The standard InChI is InChI=1S/C30H29Cl2N5O4/c1-18-8-9-19-6-5-7-25(28(19)34-18)41-17-22-23(31)14-15-24(27(22)32)37(4)26(38)16-33-30(40)35-21-12-10-20(11-13-21)29(39)36(2)3/h5-15H,16-17H2,1-4H3,(H2,33,35,40). The zero-order chi connectivity index (χ0) is 29.7. The van der Waals surface area contributed by atoms with Crippen molar-refractivity contribution in [1.29, 1.82) is 0 Å². The molecule has 0 atom stereocenters. The molecule has 1 heterocycles. The van der Waals surface area contributed by atoms with Gasteiger partial charge in [-0.15, -0.1) is 0 Å². The number of carbonyl (C=O) groups is 3. The van der Waals surface area contributed by atoms with Crippen LogP contribution in [0.4, 0.5) is 16.2 Å². The highest BCUT2D eigenvalue weighted by Gasteiger charge is 2.20. The Labute approximate surface area is 248 Å². The Hall–Kier alpha value is -4.34. The Balaban J connectivity index is 1.39. The van der Waals surface area contributed by atoms with Crippen molar-refractivity contribution in [3.05, 3.63) is 93.6 Å². The first-order valence-electron chi connectivity index (χ1n) is 12.6. The molecule has 11 heteroatoms. The average molecular weight is 594 g/mol. The van der Waals surface area contributed by atoms with Crippen molar-refractivity contribution in [2.75, 3.05) is 37.9 Å². The molecular weight excluding hydrogens is 565 g/mol. The van der Waals surface area contributed by atoms with Crippen molar-refractivity contribution < 1.29 is 19.1 Å². The number of likely N-dealkylation sites (N-methyl/N-ethyl adjacent to an activating group) is 1. The van der Waals surface area contributed by atoms with Crippen LogP contribution < -0.4 is 20.3 Å². The van der Waals surface area contributed by atoms with Crippen LogP contribution in [0.5, 0.6) is 5.75 Å². The predicted octanol–water partition coefficient (Wildman–Crippen LogP) is 5.92. The molecule has 0 saturated heterocycles. The third-order valence-electron chi connectivity index (χ3n) is 6.29. The van der Waals surface area contributed by atoms with Crippen LogP contribution in [0.25, 0.3) is 10.9 Å². The molecule has 3 aromatic carbocycles. The van der Waals surface area contributed by atoms with Gasteiger partial charge in [-0.3, -0.25) is 9.59 Å². The number of hydrogen-bond acceptors (Lipinski definition) is 5. The number of aryl methyl sites for hydroxylation is 1. The zero-order valence-corrected chi connectivity index (χ0v) is 24.5. The number of fused-ring (bicyclic) bond motifs is 1. The molecule has 41 heavy (non-hydrogen) atoms. The van der Waals surface area contributed by atoms with Crippen LogP contribution in [-0.2, 0) is 11.4 Å². The second-order valence-electron chi connectivity index (χ2n) is 9.47. The molecule has 0 aliphatic rings. The van der Waals surface area contributed by atoms with Gasteiger partial charge in [0.15, 0.2) is 0 Å². The predicted molar refractivity (Wildman–Crippen MR) is 162 cm³/mol. The summed E-state index contributed by atoms with van der Waals surface area (Å²) in [5.41, 5.74) is 3.48. The molecule has 0 spiro atoms. The monoisotopic (exact) mass is 593 g/mol. The number of benzene rings is 3. The van der Waals surface area contributed by atoms with Crippen LogP contribution in [0.15, 0.2) is 66.7 Å². The maximum Gasteiger partial charge on any atom is 0.319 e. The molecule has 1 aromatic heterocycles. The van der Waals surface area contributed by atoms with E-state index in [1.165, 1.54) is 9.80 Å². The summed E-state index contributed by atoms with van der Waals surface area (Å²) in [5.74, 6) is 0.0325. The van der Waals surface area contributed by atoms with Crippen LogP contribution in [0, 0.1) is 6.92 Å². The molecule has 0 aliphatic heterocycles. The summed E-state index contributed by atoms with van der Waals surface area (Å²) in [6.07, 6.45) is 0. The largest absolute Gasteiger partial charge is 0.487 e. The number of aromatic nitrogens is 1. The fraction of sp³-hybridized carbons (Fsp3) is 0.200. The summed E-state index contributed by atoms with van der Waals surface area (Å²) in [4.78, 5) is 44.7. The fourth-order valence-corrected chi connectivity index (χ4v) is 4.61. The van der Waals surface area contributed by atoms with E-state index in [2.05, 4.69) is 15.6 Å². The Bertz CT molecular complexity index is 1610. The summed E-state index contributed by atoms with van der Waals surface area (Å²) in [5, 5.41) is 6.76. The van der Waals surface area contributed by atoms with Crippen molar-refractivity contribution in [1.82, 2.24) is 15.2 Å². The van der Waals surface area contributed by atoms with E-state index in [1.54, 1.807) is 57.5 Å². The number of amides is 4. The lowest BCUT2D eigenvalue weighted by atomic mass is 10.1. The van der Waals surface area contributed by atoms with Crippen LogP contribution in [0.3, 0.4) is 0 Å². The van der Waals surface area contributed by atoms with Crippen molar-refractivity contribution >= 4 is 63.3 Å². The van der Waals surface area contributed by atoms with Crippen molar-refractivity contribution in [2.45, 2.75) is 13.5 Å². The van der Waals surface area contributed by atoms with E-state index in [9.17, 15) is 14.4 Å². The number of pyridine rings is 1. The van der Waals surface area contributed by atoms with E-state index in [1.807, 2.05) is 37.3 Å². The number of urea groups is 1. The number of nitrogens with zero attached hydrogens (tertiary/aromatic N) is 3. The normalized spacial score (nSPS) is 10.7. The first kappa shape index (κ1) is 29.6. The van der Waals surface area contributed by atoms with Crippen molar-refractivity contribution in [3.63, 3.8) is 0 Å². The van der Waals surface area contributed by atoms with Gasteiger partial charge in [-0.1, -0.05) is 41.4 Å². The first-order valence-corrected chi connectivity index (χ1v) is 13.4. The lowest BCUT2D eigenvalue weighted by Crippen LogP contribution is -2.40. The van der Waals surface area contributed by atoms with E-state index in [4.69, 9.17) is 27.9 Å². The summed E-state index contributed by atoms with van der Waals surface area (Å²) >= 11 is 13.1. The molecule has 0 aliphatic carbocycles. The highest BCUT2D eigenvalue weighted by molar-refractivity contribution is 6.38. The van der Waals surface area contributed by atoms with Crippen LogP contribution in [0.1, 0.15) is 21.6 Å². The SMILES string of the molecule is Cc1ccc2cccc(OCc3c(Cl)ccc(N(C)C(=O)CNC(=O)Nc4ccc(C(=O)N(C)C)cc4)c3Cl)c2n1. The molecule has 0 radical (unpaired) electrons. The van der Waals surface area contributed by atoms with Gasteiger partial charge in [0.2, 0.25) is 5.91 Å². The second-order valence-corrected chi connectivity index (χ2v) is 10.3. The number of ether oxygens (including phenoxy) is 1. The number of carbonyl (C=O) groups excluding carboxylic acids is 3. The number of halogens is 2. The summed E-state index contributed by atoms with van der Waals surface area (Å²) in [6, 6.07) is 18.7. The number of para-hydroxylation sites is 1. The molecule has 0 saturated carbocycles. The van der Waals surface area contributed by atoms with Crippen LogP contribution in [-0.4, -0.2) is 55.4 Å². The maximum absolute atomic E-state index is 12.9. The lowest BCUT2D eigenvalue weighted by molar-refractivity contribution is -0.117. The van der Waals surface area contributed by atoms with Gasteiger partial charge in [0, 0.05) is 54.1 Å². The topological polar surface area (TPSA) is 104 Å². The average Bonchev–Trinajstić information content (AvgIpc) is 2.95. The van der Waals surface area contributed by atoms with E-state index >= 15 is 0 Å². The van der Waals surface area contributed by atoms with E-state index < -0.39 is 11.9 Å². The Kier molecular flexibility index (Phi) is 9.31. The third-order valence-corrected chi connectivity index (χ3v) is 7.07. The van der Waals surface area contributed by atoms with Crippen molar-refractivity contribution in [3.8, 4) is 5.75 Å². The van der Waals surface area contributed by atoms with Crippen molar-refractivity contribution in [2.24, 2.45) is 0 Å². The molecule has 4 aromatic rings. The van der Waals surface area contributed by atoms with E-state index in [0.29, 0.717) is 33.3 Å². The third kappa shape index (κ3) is 7.06. The maximum atomic E-state index is 12.9. The van der Waals surface area contributed by atoms with Gasteiger partial charge < -0.3 is 25.2 Å². The molecule has 0 unspecified atom stereocenters. The molecule has 0 fully saturated rings. The van der Waals surface area contributed by atoms with E-state index in [-0.39, 0.29) is 24.1 Å². The van der Waals surface area contributed by atoms with Gasteiger partial charge in [-0.2, -0.15) is 0 Å². The summed E-state index contributed by atoms with van der Waals surface area (Å²) in [7, 11) is 4.87. The minimum Gasteiger partial charge on any atom is -0.487 e. The fourth-order valence-electron chi connectivity index (χ4n) is 4.00. The smallest absolute Gasteiger partial charge is 0.319 e. The minimum absolute atomic E-state index is 0.0574. The molecule has 212 valence electrons. The lowest BCUT2D eigenvalue weighted by Gasteiger charge is -2.21. The quantitative estimate of drug-likeness (QED) is 0.264. The molecule has 4 amide bonds. The van der Waals surface area contributed by atoms with Gasteiger partial charge in [0.1, 0.15) is 17.9 Å². The Morgan fingerprint density at radius 3 is 2.37 bits per heavy atom. The Morgan fingerprint density at radius 1 is 0.927 bits per heavy atom. The molecule has 2 N–H and O–H groups in total. The van der Waals surface area contributed by atoms with E-state index in [0.717, 1.165) is 16.6 Å². The van der Waals surface area contributed by atoms with Gasteiger partial charge >= 0.3 is 6.03 Å². The van der Waals surface area contributed by atoms with Gasteiger partial charge in [0.05, 0.1) is 17.3 Å². The second kappa shape index (κ2) is 12.9. The summed E-state index contributed by atoms with van der Waals surface area (Å²) < 4.78 is 6.06. The van der Waals surface area contributed by atoms with Gasteiger partial charge in [-0.05, 0) is 55.5 Å². The zero-order valence-electron chi connectivity index (χ0n) is 23.0. The van der Waals surface area contributed by atoms with Crippen LogP contribution in [0.2, 0.25) is 10.0 Å². The first-order chi connectivity index (χ1) is 19.5. The van der Waals surface area contributed by atoms with Gasteiger partial charge in [0.25, 0.3) is 5.91 Å². The Morgan fingerprint density at radius 2 is 1.66 bits per heavy atom. The number of hydrogen-bond donors (Lipinski definition) is 2. The van der Waals surface area contributed by atoms with Crippen LogP contribution >= 0.6 is 23.2 Å². The number of rotatable bonds is 8. The highest BCUT2D eigenvalue weighted by Crippen LogP contribution is 2.35. The minimum atomic E-state index is -0.575. The molecule has 0 bridgehead atoms. The summed E-state index contributed by atoms with van der Waals surface area (Å²) in [6.45, 7) is 1.68. The molecule has 9 nitrogen and oxygen atoms in total.